The van der Waals surface area contributed by atoms with E-state index in [1.54, 1.807) is 0 Å². The minimum Gasteiger partial charge on any atom is -0.481 e. The molecular formula is C25H32N2O8. The Balaban J connectivity index is 1.82. The zero-order chi connectivity index (χ0) is 25.6. The van der Waals surface area contributed by atoms with Crippen LogP contribution in [0.1, 0.15) is 12.5 Å². The quantitative estimate of drug-likeness (QED) is 0.233. The Hall–Kier alpha value is -2.86. The molecule has 1 amide bonds. The predicted octanol–water partition coefficient (Wildman–Crippen LogP) is -0.507. The molecule has 2 aromatic rings. The van der Waals surface area contributed by atoms with E-state index in [0.717, 1.165) is 16.7 Å². The lowest BCUT2D eigenvalue weighted by atomic mass is 9.92. The van der Waals surface area contributed by atoms with Gasteiger partial charge in [-0.05, 0) is 23.1 Å². The lowest BCUT2D eigenvalue weighted by Crippen LogP contribution is -2.72. The first-order valence-corrected chi connectivity index (χ1v) is 11.4. The number of aliphatic hydroxyl groups excluding tert-OH is 4. The molecule has 0 radical (unpaired) electrons. The number of carboxylic acid groups (broad SMARTS) is 1. The Morgan fingerprint density at radius 3 is 2.29 bits per heavy atom. The van der Waals surface area contributed by atoms with Gasteiger partial charge in [-0.15, -0.1) is 0 Å². The molecule has 0 spiro atoms. The minimum absolute atomic E-state index is 0.110. The zero-order valence-electron chi connectivity index (χ0n) is 19.4. The Labute approximate surface area is 203 Å². The fourth-order valence-electron chi connectivity index (χ4n) is 3.88. The fourth-order valence-corrected chi connectivity index (χ4v) is 3.88. The van der Waals surface area contributed by atoms with Crippen molar-refractivity contribution in [1.29, 1.82) is 0 Å². The highest BCUT2D eigenvalue weighted by molar-refractivity contribution is 5.83. The van der Waals surface area contributed by atoms with Crippen LogP contribution in [-0.4, -0.2) is 87.2 Å². The Bertz CT molecular complexity index is 987. The van der Waals surface area contributed by atoms with Gasteiger partial charge in [0.25, 0.3) is 0 Å². The summed E-state index contributed by atoms with van der Waals surface area (Å²) in [6, 6.07) is 16.2. The Morgan fingerprint density at radius 2 is 1.69 bits per heavy atom. The Morgan fingerprint density at radius 1 is 1.06 bits per heavy atom. The van der Waals surface area contributed by atoms with E-state index < -0.39 is 54.5 Å². The number of benzene rings is 2. The molecule has 1 aliphatic heterocycles. The van der Waals surface area contributed by atoms with E-state index in [2.05, 4.69) is 10.6 Å². The smallest absolute Gasteiger partial charge is 0.308 e. The van der Waals surface area contributed by atoms with Crippen molar-refractivity contribution in [2.24, 2.45) is 5.92 Å². The van der Waals surface area contributed by atoms with Crippen LogP contribution < -0.4 is 10.6 Å². The van der Waals surface area contributed by atoms with Crippen LogP contribution in [0.15, 0.2) is 54.6 Å². The third-order valence-electron chi connectivity index (χ3n) is 6.18. The summed E-state index contributed by atoms with van der Waals surface area (Å²) in [5.74, 6) is -2.47. The topological polar surface area (TPSA) is 169 Å². The fraction of sp³-hybridized carbons (Fsp3) is 0.440. The average Bonchev–Trinajstić information content (AvgIpc) is 2.87. The molecule has 7 N–H and O–H groups in total. The van der Waals surface area contributed by atoms with Gasteiger partial charge in [0.05, 0.1) is 25.2 Å². The van der Waals surface area contributed by atoms with Gasteiger partial charge in [-0.3, -0.25) is 14.9 Å². The van der Waals surface area contributed by atoms with E-state index in [0.29, 0.717) is 0 Å². The summed E-state index contributed by atoms with van der Waals surface area (Å²) in [7, 11) is 0. The number of hydrogen-bond donors (Lipinski definition) is 7. The maximum Gasteiger partial charge on any atom is 0.308 e. The van der Waals surface area contributed by atoms with Gasteiger partial charge in [0.1, 0.15) is 18.3 Å². The summed E-state index contributed by atoms with van der Waals surface area (Å²) in [4.78, 5) is 24.2. The van der Waals surface area contributed by atoms with Gasteiger partial charge in [-0.1, -0.05) is 61.5 Å². The summed E-state index contributed by atoms with van der Waals surface area (Å²) in [6.07, 6.45) is -4.59. The molecule has 10 heteroatoms. The number of amides is 1. The molecular weight excluding hydrogens is 456 g/mol. The van der Waals surface area contributed by atoms with Gasteiger partial charge in [-0.2, -0.15) is 0 Å². The molecule has 0 bridgehead atoms. The number of carbonyl (C=O) groups is 2. The molecule has 1 saturated heterocycles. The van der Waals surface area contributed by atoms with Gasteiger partial charge >= 0.3 is 5.97 Å². The first kappa shape index (κ1) is 26.7. The van der Waals surface area contributed by atoms with E-state index in [1.807, 2.05) is 54.6 Å². The lowest BCUT2D eigenvalue weighted by molar-refractivity contribution is -0.261. The van der Waals surface area contributed by atoms with Crippen molar-refractivity contribution in [1.82, 2.24) is 10.6 Å². The number of nitrogens with one attached hydrogen (secondary N) is 2. The third kappa shape index (κ3) is 6.43. The average molecular weight is 489 g/mol. The number of ether oxygens (including phenoxy) is 1. The van der Waals surface area contributed by atoms with Gasteiger partial charge in [-0.25, -0.2) is 0 Å². The van der Waals surface area contributed by atoms with Gasteiger partial charge in [0.15, 0.2) is 5.72 Å². The second-order valence-electron chi connectivity index (χ2n) is 8.81. The predicted molar refractivity (Wildman–Crippen MR) is 126 cm³/mol. The molecule has 2 aromatic carbocycles. The zero-order valence-corrected chi connectivity index (χ0v) is 19.4. The second-order valence-corrected chi connectivity index (χ2v) is 8.81. The maximum absolute atomic E-state index is 13.1. The van der Waals surface area contributed by atoms with Crippen molar-refractivity contribution in [2.45, 2.75) is 43.4 Å². The molecule has 1 aliphatic rings. The van der Waals surface area contributed by atoms with Crippen LogP contribution in [0.4, 0.5) is 0 Å². The van der Waals surface area contributed by atoms with Crippen LogP contribution in [0.3, 0.4) is 0 Å². The van der Waals surface area contributed by atoms with Crippen molar-refractivity contribution in [3.8, 4) is 11.1 Å². The lowest BCUT2D eigenvalue weighted by Gasteiger charge is -2.46. The SMILES string of the molecule is C[C@@H](CNC(=O)[C@H](Cc1ccc(-c2ccccc2)cc1)N[C@]1(CO)OC[C@@H](O)[C@@H](O)[C@@H]1O)C(=O)O. The van der Waals surface area contributed by atoms with Crippen LogP contribution in [0.25, 0.3) is 11.1 Å². The van der Waals surface area contributed by atoms with Crippen molar-refractivity contribution in [3.05, 3.63) is 60.2 Å². The summed E-state index contributed by atoms with van der Waals surface area (Å²) in [5, 5.41) is 55.0. The van der Waals surface area contributed by atoms with Gasteiger partial charge in [0.2, 0.25) is 5.91 Å². The van der Waals surface area contributed by atoms with Crippen molar-refractivity contribution in [2.75, 3.05) is 19.8 Å². The highest BCUT2D eigenvalue weighted by Crippen LogP contribution is 2.26. The monoisotopic (exact) mass is 488 g/mol. The summed E-state index contributed by atoms with van der Waals surface area (Å²) >= 11 is 0. The van der Waals surface area contributed by atoms with Crippen molar-refractivity contribution >= 4 is 11.9 Å². The molecule has 6 atom stereocenters. The number of carboxylic acids is 1. The highest BCUT2D eigenvalue weighted by atomic mass is 16.6. The van der Waals surface area contributed by atoms with Crippen LogP contribution in [0, 0.1) is 5.92 Å². The van der Waals surface area contributed by atoms with Crippen molar-refractivity contribution in [3.63, 3.8) is 0 Å². The van der Waals surface area contributed by atoms with E-state index in [4.69, 9.17) is 9.84 Å². The molecule has 1 heterocycles. The van der Waals surface area contributed by atoms with E-state index >= 15 is 0 Å². The molecule has 0 unspecified atom stereocenters. The highest BCUT2D eigenvalue weighted by Gasteiger charge is 2.50. The van der Waals surface area contributed by atoms with E-state index in [1.165, 1.54) is 6.92 Å². The third-order valence-corrected chi connectivity index (χ3v) is 6.18. The molecule has 0 aliphatic carbocycles. The minimum atomic E-state index is -1.91. The summed E-state index contributed by atoms with van der Waals surface area (Å²) in [6.45, 7) is 0.159. The number of aliphatic hydroxyl groups is 4. The molecule has 190 valence electrons. The summed E-state index contributed by atoms with van der Waals surface area (Å²) in [5.41, 5.74) is 0.846. The van der Waals surface area contributed by atoms with Gasteiger partial charge in [0, 0.05) is 6.54 Å². The molecule has 3 rings (SSSR count). The number of carbonyl (C=O) groups excluding carboxylic acids is 1. The molecule has 10 nitrogen and oxygen atoms in total. The van der Waals surface area contributed by atoms with Crippen LogP contribution in [0.5, 0.6) is 0 Å². The number of hydrogen-bond acceptors (Lipinski definition) is 8. The molecule has 35 heavy (non-hydrogen) atoms. The maximum atomic E-state index is 13.1. The first-order chi connectivity index (χ1) is 16.7. The standard InChI is InChI=1S/C25H32N2O8/c1-15(24(33)34)12-26-23(32)19(27-25(14-28)22(31)21(30)20(29)13-35-25)11-16-7-9-18(10-8-16)17-5-3-2-4-6-17/h2-10,15,19-22,27-31H,11-14H2,1H3,(H,26,32)(H,33,34)/t15-,19-,20+,21+,22-,25+/m0/s1. The van der Waals surface area contributed by atoms with Crippen molar-refractivity contribution < 1.29 is 39.9 Å². The summed E-state index contributed by atoms with van der Waals surface area (Å²) < 4.78 is 5.47. The first-order valence-electron chi connectivity index (χ1n) is 11.4. The molecule has 1 fully saturated rings. The Kier molecular flexibility index (Phi) is 8.95. The van der Waals surface area contributed by atoms with Crippen LogP contribution >= 0.6 is 0 Å². The molecule has 0 aromatic heterocycles. The van der Waals surface area contributed by atoms with Crippen LogP contribution in [-0.2, 0) is 20.7 Å². The normalized spacial score (nSPS) is 26.0. The number of aliphatic carboxylic acids is 1. The largest absolute Gasteiger partial charge is 0.481 e. The molecule has 0 saturated carbocycles. The van der Waals surface area contributed by atoms with Gasteiger partial charge < -0.3 is 35.6 Å². The van der Waals surface area contributed by atoms with E-state index in [-0.39, 0.29) is 19.6 Å². The van der Waals surface area contributed by atoms with E-state index in [9.17, 15) is 30.0 Å². The van der Waals surface area contributed by atoms with Crippen LogP contribution in [0.2, 0.25) is 0 Å². The second kappa shape index (κ2) is 11.7. The number of rotatable bonds is 10.